The van der Waals surface area contributed by atoms with Crippen molar-refractivity contribution < 1.29 is 19.1 Å². The van der Waals surface area contributed by atoms with Crippen LogP contribution in [0.5, 0.6) is 0 Å². The predicted octanol–water partition coefficient (Wildman–Crippen LogP) is 7.16. The Bertz CT molecular complexity index is 1480. The summed E-state index contributed by atoms with van der Waals surface area (Å²) in [5.41, 5.74) is 4.33. The fraction of sp³-hybridized carbons (Fsp3) is 0.364. The maximum Gasteiger partial charge on any atom is 0.405 e. The van der Waals surface area contributed by atoms with Crippen molar-refractivity contribution in [3.63, 3.8) is 0 Å². The zero-order chi connectivity index (χ0) is 28.6. The number of halogens is 1. The number of carbonyl (C=O) groups excluding carboxylic acids is 1. The van der Waals surface area contributed by atoms with Gasteiger partial charge >= 0.3 is 6.09 Å². The highest BCUT2D eigenvalue weighted by Crippen LogP contribution is 2.43. The van der Waals surface area contributed by atoms with Crippen LogP contribution >= 0.6 is 0 Å². The zero-order valence-electron chi connectivity index (χ0n) is 23.1. The molecule has 2 saturated heterocycles. The summed E-state index contributed by atoms with van der Waals surface area (Å²) in [5.74, 6) is -0.281. The van der Waals surface area contributed by atoms with E-state index in [1.807, 2.05) is 74.2 Å². The number of rotatable bonds is 6. The molecule has 3 aromatic carbocycles. The number of benzene rings is 3. The molecule has 40 heavy (non-hydrogen) atoms. The van der Waals surface area contributed by atoms with Crippen LogP contribution in [0.4, 0.5) is 9.18 Å². The van der Waals surface area contributed by atoms with Crippen molar-refractivity contribution in [2.75, 3.05) is 0 Å². The summed E-state index contributed by atoms with van der Waals surface area (Å²) in [6.45, 7) is 5.83. The molecule has 2 unspecified atom stereocenters. The average Bonchev–Trinajstić information content (AvgIpc) is 3.17. The topological polar surface area (TPSA) is 93.4 Å². The Morgan fingerprint density at radius 3 is 2.25 bits per heavy atom. The van der Waals surface area contributed by atoms with Crippen molar-refractivity contribution in [1.29, 1.82) is 5.26 Å². The van der Waals surface area contributed by atoms with Crippen LogP contribution < -0.4 is 5.32 Å². The number of carbonyl (C=O) groups is 2. The van der Waals surface area contributed by atoms with Gasteiger partial charge < -0.3 is 15.3 Å². The van der Waals surface area contributed by atoms with Crippen LogP contribution in [0, 0.1) is 30.0 Å². The molecule has 2 amide bonds. The number of hydrogen-bond acceptors (Lipinski definition) is 3. The van der Waals surface area contributed by atoms with E-state index in [9.17, 15) is 24.3 Å². The summed E-state index contributed by atoms with van der Waals surface area (Å²) in [6.07, 6.45) is 3.29. The van der Waals surface area contributed by atoms with E-state index in [2.05, 4.69) is 5.32 Å². The molecule has 5 rings (SSSR count). The maximum absolute atomic E-state index is 14.7. The van der Waals surface area contributed by atoms with Crippen LogP contribution in [0.15, 0.2) is 60.7 Å². The van der Waals surface area contributed by atoms with Gasteiger partial charge in [0.2, 0.25) is 0 Å². The lowest BCUT2D eigenvalue weighted by Gasteiger charge is -2.41. The van der Waals surface area contributed by atoms with Gasteiger partial charge in [0.25, 0.3) is 5.91 Å². The Morgan fingerprint density at radius 2 is 1.65 bits per heavy atom. The Kier molecular flexibility index (Phi) is 7.37. The Hall–Kier alpha value is -4.18. The number of carboxylic acid groups (broad SMARTS) is 1. The first-order valence-electron chi connectivity index (χ1n) is 13.8. The highest BCUT2D eigenvalue weighted by molar-refractivity contribution is 5.98. The van der Waals surface area contributed by atoms with E-state index >= 15 is 0 Å². The normalized spacial score (nSPS) is 20.2. The fourth-order valence-corrected chi connectivity index (χ4v) is 6.67. The van der Waals surface area contributed by atoms with Gasteiger partial charge in [-0.15, -0.1) is 0 Å². The van der Waals surface area contributed by atoms with Gasteiger partial charge in [-0.2, -0.15) is 5.26 Å². The molecule has 2 bridgehead atoms. The van der Waals surface area contributed by atoms with Crippen LogP contribution in [0.25, 0.3) is 22.3 Å². The minimum atomic E-state index is -1.02. The third-order valence-corrected chi connectivity index (χ3v) is 8.34. The molecular formula is C33H34FN3O3. The standard InChI is InChI=1S/C33H34FN3O3/c1-20-4-6-22(7-5-20)28-13-10-24(16-29(28)23-8-9-25(19-35)30(34)17-23)31(38)37-26-11-12-27(37)15-21(14-26)18-33(2,3)36-32(39)40/h4-10,13,16-17,21,26-27,36H,11-12,14-15,18H2,1-3H3,(H,39,40). The molecule has 3 aromatic rings. The smallest absolute Gasteiger partial charge is 0.405 e. The lowest BCUT2D eigenvalue weighted by atomic mass is 9.81. The summed E-state index contributed by atoms with van der Waals surface area (Å²) in [7, 11) is 0. The van der Waals surface area contributed by atoms with E-state index in [0.717, 1.165) is 54.4 Å². The van der Waals surface area contributed by atoms with Gasteiger partial charge in [-0.25, -0.2) is 9.18 Å². The van der Waals surface area contributed by atoms with Crippen LogP contribution in [-0.2, 0) is 0 Å². The summed E-state index contributed by atoms with van der Waals surface area (Å²) in [5, 5.41) is 21.0. The maximum atomic E-state index is 14.7. The van der Waals surface area contributed by atoms with Crippen molar-refractivity contribution in [2.45, 2.75) is 70.5 Å². The van der Waals surface area contributed by atoms with Crippen molar-refractivity contribution in [3.05, 3.63) is 83.2 Å². The summed E-state index contributed by atoms with van der Waals surface area (Å²) < 4.78 is 14.7. The number of piperidine rings is 1. The lowest BCUT2D eigenvalue weighted by Crippen LogP contribution is -2.49. The van der Waals surface area contributed by atoms with E-state index in [4.69, 9.17) is 0 Å². The fourth-order valence-electron chi connectivity index (χ4n) is 6.67. The third kappa shape index (κ3) is 5.58. The van der Waals surface area contributed by atoms with Gasteiger partial charge in [0.05, 0.1) is 5.56 Å². The van der Waals surface area contributed by atoms with E-state index in [1.54, 1.807) is 6.07 Å². The molecule has 0 aromatic heterocycles. The van der Waals surface area contributed by atoms with Crippen molar-refractivity contribution in [1.82, 2.24) is 10.2 Å². The molecule has 2 aliphatic heterocycles. The molecule has 2 aliphatic rings. The molecule has 6 nitrogen and oxygen atoms in total. The second-order valence-corrected chi connectivity index (χ2v) is 11.9. The quantitative estimate of drug-likeness (QED) is 0.348. The predicted molar refractivity (Wildman–Crippen MR) is 152 cm³/mol. The summed E-state index contributed by atoms with van der Waals surface area (Å²) >= 11 is 0. The lowest BCUT2D eigenvalue weighted by molar-refractivity contribution is 0.0494. The van der Waals surface area contributed by atoms with Crippen molar-refractivity contribution in [2.24, 2.45) is 5.92 Å². The summed E-state index contributed by atoms with van der Waals surface area (Å²) in [6, 6.07) is 20.4. The van der Waals surface area contributed by atoms with Crippen LogP contribution in [0.2, 0.25) is 0 Å². The largest absolute Gasteiger partial charge is 0.465 e. The SMILES string of the molecule is Cc1ccc(-c2ccc(C(=O)N3C4CCC3CC(CC(C)(C)NC(=O)O)C4)cc2-c2ccc(C#N)c(F)c2)cc1. The molecule has 0 radical (unpaired) electrons. The van der Waals surface area contributed by atoms with Gasteiger partial charge in [0.1, 0.15) is 11.9 Å². The first-order chi connectivity index (χ1) is 19.0. The highest BCUT2D eigenvalue weighted by atomic mass is 19.1. The number of nitrogens with one attached hydrogen (secondary N) is 1. The molecule has 2 heterocycles. The average molecular weight is 540 g/mol. The summed E-state index contributed by atoms with van der Waals surface area (Å²) in [4.78, 5) is 27.2. The third-order valence-electron chi connectivity index (χ3n) is 8.34. The Balaban J connectivity index is 1.45. The number of amides is 2. The van der Waals surface area contributed by atoms with Gasteiger partial charge in [0, 0.05) is 23.2 Å². The number of nitriles is 1. The molecule has 2 fully saturated rings. The van der Waals surface area contributed by atoms with Crippen LogP contribution in [0.3, 0.4) is 0 Å². The Morgan fingerprint density at radius 1 is 1.00 bits per heavy atom. The molecule has 0 saturated carbocycles. The first kappa shape index (κ1) is 27.4. The van der Waals surface area contributed by atoms with Crippen molar-refractivity contribution >= 4 is 12.0 Å². The zero-order valence-corrected chi connectivity index (χ0v) is 23.1. The Labute approximate surface area is 234 Å². The van der Waals surface area contributed by atoms with E-state index in [1.165, 1.54) is 12.1 Å². The number of aryl methyl sites for hydroxylation is 1. The van der Waals surface area contributed by atoms with Crippen molar-refractivity contribution in [3.8, 4) is 28.3 Å². The van der Waals surface area contributed by atoms with E-state index < -0.39 is 17.4 Å². The van der Waals surface area contributed by atoms with Gasteiger partial charge in [-0.3, -0.25) is 4.79 Å². The van der Waals surface area contributed by atoms with Crippen LogP contribution in [0.1, 0.15) is 67.4 Å². The number of hydrogen-bond donors (Lipinski definition) is 2. The second-order valence-electron chi connectivity index (χ2n) is 11.9. The van der Waals surface area contributed by atoms with Gasteiger partial charge in [0.15, 0.2) is 0 Å². The van der Waals surface area contributed by atoms with Gasteiger partial charge in [-0.1, -0.05) is 42.0 Å². The molecule has 7 heteroatoms. The minimum absolute atomic E-state index is 0.0194. The first-order valence-corrected chi connectivity index (χ1v) is 13.8. The molecule has 206 valence electrons. The molecule has 0 aliphatic carbocycles. The van der Waals surface area contributed by atoms with Crippen LogP contribution in [-0.4, -0.2) is 39.6 Å². The molecule has 0 spiro atoms. The monoisotopic (exact) mass is 539 g/mol. The molecular weight excluding hydrogens is 505 g/mol. The van der Waals surface area contributed by atoms with Gasteiger partial charge in [-0.05, 0) is 105 Å². The van der Waals surface area contributed by atoms with E-state index in [0.29, 0.717) is 17.0 Å². The molecule has 2 N–H and O–H groups in total. The van der Waals surface area contributed by atoms with E-state index in [-0.39, 0.29) is 23.6 Å². The molecule has 2 atom stereocenters. The number of nitrogens with zero attached hydrogens (tertiary/aromatic N) is 2. The number of fused-ring (bicyclic) bond motifs is 2. The highest BCUT2D eigenvalue weighted by Gasteiger charge is 2.44. The second kappa shape index (κ2) is 10.8. The minimum Gasteiger partial charge on any atom is -0.465 e.